The van der Waals surface area contributed by atoms with Crippen LogP contribution in [-0.2, 0) is 4.74 Å². The van der Waals surface area contributed by atoms with Crippen molar-refractivity contribution in [3.8, 4) is 6.07 Å². The molecule has 1 heterocycles. The second-order valence-corrected chi connectivity index (χ2v) is 2.44. The molecule has 1 atom stereocenters. The Morgan fingerprint density at radius 2 is 2.60 bits per heavy atom. The van der Waals surface area contributed by atoms with Crippen LogP contribution in [0.15, 0.2) is 0 Å². The lowest BCUT2D eigenvalue weighted by Crippen LogP contribution is -2.31. The number of nitriles is 1. The Balaban J connectivity index is 2.23. The van der Waals surface area contributed by atoms with E-state index in [1.54, 1.807) is 0 Å². The van der Waals surface area contributed by atoms with Gasteiger partial charge in [-0.3, -0.25) is 0 Å². The van der Waals surface area contributed by atoms with Crippen LogP contribution in [0, 0.1) is 11.3 Å². The predicted molar refractivity (Wildman–Crippen MR) is 37.5 cm³/mol. The predicted octanol–water partition coefficient (Wildman–Crippen LogP) is 0.279. The third-order valence-corrected chi connectivity index (χ3v) is 1.56. The fraction of sp³-hybridized carbons (Fsp3) is 0.857. The first-order chi connectivity index (χ1) is 4.93. The summed E-state index contributed by atoms with van der Waals surface area (Å²) in [5.74, 6) is 0. The van der Waals surface area contributed by atoms with E-state index in [9.17, 15) is 0 Å². The van der Waals surface area contributed by atoms with Gasteiger partial charge in [0.1, 0.15) is 0 Å². The Hall–Kier alpha value is -0.590. The van der Waals surface area contributed by atoms with E-state index in [0.29, 0.717) is 13.0 Å². The van der Waals surface area contributed by atoms with E-state index in [-0.39, 0.29) is 6.04 Å². The van der Waals surface area contributed by atoms with E-state index in [2.05, 4.69) is 11.4 Å². The van der Waals surface area contributed by atoms with E-state index in [4.69, 9.17) is 10.00 Å². The molecule has 0 aliphatic carbocycles. The summed E-state index contributed by atoms with van der Waals surface area (Å²) in [6, 6.07) is 2.38. The van der Waals surface area contributed by atoms with Crippen molar-refractivity contribution in [3.63, 3.8) is 0 Å². The summed E-state index contributed by atoms with van der Waals surface area (Å²) in [4.78, 5) is 0. The van der Waals surface area contributed by atoms with Crippen molar-refractivity contribution in [2.45, 2.75) is 18.9 Å². The van der Waals surface area contributed by atoms with Gasteiger partial charge in [0, 0.05) is 12.6 Å². The molecule has 0 aromatic heterocycles. The van der Waals surface area contributed by atoms with Gasteiger partial charge in [-0.1, -0.05) is 0 Å². The van der Waals surface area contributed by atoms with Gasteiger partial charge in [0.25, 0.3) is 0 Å². The maximum Gasteiger partial charge on any atom is 0.0639 e. The van der Waals surface area contributed by atoms with E-state index in [0.717, 1.165) is 19.6 Å². The third-order valence-electron chi connectivity index (χ3n) is 1.56. The zero-order chi connectivity index (χ0) is 7.23. The number of ether oxygens (including phenoxy) is 1. The molecule has 56 valence electrons. The van der Waals surface area contributed by atoms with Crippen molar-refractivity contribution >= 4 is 0 Å². The van der Waals surface area contributed by atoms with E-state index >= 15 is 0 Å². The summed E-state index contributed by atoms with van der Waals surface area (Å²) in [5, 5.41) is 11.6. The standard InChI is InChI=1S/C7H12N2O/c8-3-2-7-6-10-5-1-4-9-7/h7,9H,1-2,4-6H2/t7-/m0/s1. The molecule has 0 bridgehead atoms. The maximum atomic E-state index is 8.36. The lowest BCUT2D eigenvalue weighted by Gasteiger charge is -2.09. The van der Waals surface area contributed by atoms with Crippen LogP contribution in [0.3, 0.4) is 0 Å². The highest BCUT2D eigenvalue weighted by Crippen LogP contribution is 1.97. The molecule has 1 aliphatic rings. The van der Waals surface area contributed by atoms with Crippen molar-refractivity contribution in [1.29, 1.82) is 5.26 Å². The third kappa shape index (κ3) is 2.34. The molecule has 0 saturated carbocycles. The van der Waals surface area contributed by atoms with Gasteiger partial charge in [0.2, 0.25) is 0 Å². The zero-order valence-electron chi connectivity index (χ0n) is 5.97. The Morgan fingerprint density at radius 1 is 1.70 bits per heavy atom. The average molecular weight is 140 g/mol. The van der Waals surface area contributed by atoms with Gasteiger partial charge < -0.3 is 10.1 Å². The lowest BCUT2D eigenvalue weighted by atomic mass is 10.2. The smallest absolute Gasteiger partial charge is 0.0639 e. The van der Waals surface area contributed by atoms with Crippen molar-refractivity contribution in [3.05, 3.63) is 0 Å². The summed E-state index contributed by atoms with van der Waals surface area (Å²) < 4.78 is 5.25. The first-order valence-corrected chi connectivity index (χ1v) is 3.61. The summed E-state index contributed by atoms with van der Waals surface area (Å²) in [6.07, 6.45) is 1.61. The average Bonchev–Trinajstić information content (AvgIpc) is 2.17. The van der Waals surface area contributed by atoms with Crippen molar-refractivity contribution in [1.82, 2.24) is 5.32 Å². The minimum absolute atomic E-state index is 0.257. The molecule has 0 spiro atoms. The van der Waals surface area contributed by atoms with Crippen molar-refractivity contribution in [2.24, 2.45) is 0 Å². The first kappa shape index (κ1) is 7.52. The molecule has 3 nitrogen and oxygen atoms in total. The molecule has 1 rings (SSSR count). The largest absolute Gasteiger partial charge is 0.380 e. The second kappa shape index (κ2) is 4.26. The fourth-order valence-electron chi connectivity index (χ4n) is 1.01. The number of rotatable bonds is 1. The monoisotopic (exact) mass is 140 g/mol. The molecule has 0 radical (unpaired) electrons. The molecule has 0 aromatic rings. The van der Waals surface area contributed by atoms with Crippen LogP contribution in [0.25, 0.3) is 0 Å². The Morgan fingerprint density at radius 3 is 3.40 bits per heavy atom. The lowest BCUT2D eigenvalue weighted by molar-refractivity contribution is 0.132. The maximum absolute atomic E-state index is 8.36. The van der Waals surface area contributed by atoms with Gasteiger partial charge in [-0.2, -0.15) is 5.26 Å². The van der Waals surface area contributed by atoms with Crippen LogP contribution in [0.5, 0.6) is 0 Å². The quantitative estimate of drug-likeness (QED) is 0.569. The Kier molecular flexibility index (Phi) is 3.20. The summed E-state index contributed by atoms with van der Waals surface area (Å²) >= 11 is 0. The number of nitrogens with zero attached hydrogens (tertiary/aromatic N) is 1. The normalized spacial score (nSPS) is 26.9. The minimum Gasteiger partial charge on any atom is -0.380 e. The highest BCUT2D eigenvalue weighted by atomic mass is 16.5. The van der Waals surface area contributed by atoms with Crippen LogP contribution < -0.4 is 5.32 Å². The van der Waals surface area contributed by atoms with Crippen LogP contribution in [-0.4, -0.2) is 25.8 Å². The van der Waals surface area contributed by atoms with Crippen LogP contribution in [0.1, 0.15) is 12.8 Å². The van der Waals surface area contributed by atoms with E-state index in [1.807, 2.05) is 0 Å². The molecular formula is C7H12N2O. The Bertz CT molecular complexity index is 122. The molecule has 0 unspecified atom stereocenters. The molecule has 0 aromatic carbocycles. The summed E-state index contributed by atoms with van der Waals surface area (Å²) in [5.41, 5.74) is 0. The van der Waals surface area contributed by atoms with E-state index in [1.165, 1.54) is 0 Å². The van der Waals surface area contributed by atoms with Gasteiger partial charge in [-0.05, 0) is 13.0 Å². The molecule has 1 fully saturated rings. The van der Waals surface area contributed by atoms with Crippen molar-refractivity contribution < 1.29 is 4.74 Å². The highest BCUT2D eigenvalue weighted by molar-refractivity contribution is 4.81. The second-order valence-electron chi connectivity index (χ2n) is 2.44. The highest BCUT2D eigenvalue weighted by Gasteiger charge is 2.09. The molecule has 1 saturated heterocycles. The van der Waals surface area contributed by atoms with Gasteiger partial charge in [0.05, 0.1) is 19.1 Å². The molecule has 3 heteroatoms. The van der Waals surface area contributed by atoms with E-state index < -0.39 is 0 Å². The van der Waals surface area contributed by atoms with Gasteiger partial charge in [-0.25, -0.2) is 0 Å². The van der Waals surface area contributed by atoms with Crippen molar-refractivity contribution in [2.75, 3.05) is 19.8 Å². The number of hydrogen-bond donors (Lipinski definition) is 1. The molecule has 1 aliphatic heterocycles. The summed E-state index contributed by atoms with van der Waals surface area (Å²) in [6.45, 7) is 2.49. The topological polar surface area (TPSA) is 45.0 Å². The molecule has 10 heavy (non-hydrogen) atoms. The van der Waals surface area contributed by atoms with Gasteiger partial charge in [-0.15, -0.1) is 0 Å². The minimum atomic E-state index is 0.257. The SMILES string of the molecule is N#CC[C@H]1COCCCN1. The molecular weight excluding hydrogens is 128 g/mol. The van der Waals surface area contributed by atoms with Gasteiger partial charge in [0.15, 0.2) is 0 Å². The molecule has 1 N–H and O–H groups in total. The number of nitrogens with one attached hydrogen (secondary N) is 1. The summed E-state index contributed by atoms with van der Waals surface area (Å²) in [7, 11) is 0. The fourth-order valence-corrected chi connectivity index (χ4v) is 1.01. The van der Waals surface area contributed by atoms with Crippen LogP contribution >= 0.6 is 0 Å². The molecule has 0 amide bonds. The number of hydrogen-bond acceptors (Lipinski definition) is 3. The first-order valence-electron chi connectivity index (χ1n) is 3.61. The zero-order valence-corrected chi connectivity index (χ0v) is 5.97. The van der Waals surface area contributed by atoms with Gasteiger partial charge >= 0.3 is 0 Å². The van der Waals surface area contributed by atoms with Crippen LogP contribution in [0.2, 0.25) is 0 Å². The van der Waals surface area contributed by atoms with Crippen LogP contribution in [0.4, 0.5) is 0 Å². The Labute approximate surface area is 61.0 Å².